The van der Waals surface area contributed by atoms with Gasteiger partial charge in [-0.3, -0.25) is 4.79 Å². The first-order valence-electron chi connectivity index (χ1n) is 8.26. The third-order valence-corrected chi connectivity index (χ3v) is 4.25. The number of aromatic nitrogens is 2. The van der Waals surface area contributed by atoms with Crippen molar-refractivity contribution in [2.45, 2.75) is 18.9 Å². The molecule has 6 nitrogen and oxygen atoms in total. The summed E-state index contributed by atoms with van der Waals surface area (Å²) >= 11 is 0. The maximum Gasteiger partial charge on any atom is 0.280 e. The van der Waals surface area contributed by atoms with Gasteiger partial charge in [-0.15, -0.1) is 0 Å². The quantitative estimate of drug-likeness (QED) is 0.746. The lowest BCUT2D eigenvalue weighted by Crippen LogP contribution is -2.37. The zero-order valence-electron chi connectivity index (χ0n) is 13.6. The van der Waals surface area contributed by atoms with Gasteiger partial charge in [0.15, 0.2) is 5.76 Å². The number of benzene rings is 1. The molecule has 25 heavy (non-hydrogen) atoms. The lowest BCUT2D eigenvalue weighted by atomic mass is 9.83. The number of para-hydroxylation sites is 1. The third-order valence-electron chi connectivity index (χ3n) is 4.25. The van der Waals surface area contributed by atoms with Crippen molar-refractivity contribution < 1.29 is 14.0 Å². The zero-order valence-corrected chi connectivity index (χ0v) is 13.6. The molecule has 1 aliphatic carbocycles. The number of rotatable bonds is 6. The fourth-order valence-corrected chi connectivity index (χ4v) is 2.84. The van der Waals surface area contributed by atoms with Crippen LogP contribution in [-0.4, -0.2) is 22.9 Å². The summed E-state index contributed by atoms with van der Waals surface area (Å²) < 4.78 is 16.7. The van der Waals surface area contributed by atoms with E-state index in [1.165, 1.54) is 6.07 Å². The van der Waals surface area contributed by atoms with Crippen LogP contribution in [0.5, 0.6) is 11.6 Å². The van der Waals surface area contributed by atoms with Gasteiger partial charge in [0.1, 0.15) is 5.75 Å². The average Bonchev–Trinajstić information content (AvgIpc) is 3.04. The fourth-order valence-electron chi connectivity index (χ4n) is 2.84. The molecule has 4 rings (SSSR count). The van der Waals surface area contributed by atoms with Gasteiger partial charge in [0.2, 0.25) is 5.88 Å². The van der Waals surface area contributed by atoms with Crippen molar-refractivity contribution >= 4 is 0 Å². The first-order chi connectivity index (χ1) is 12.3. The molecule has 0 saturated heterocycles. The molecule has 2 aromatic heterocycles. The molecule has 2 heterocycles. The molecule has 0 radical (unpaired) electrons. The first-order valence-corrected chi connectivity index (χ1v) is 8.26. The van der Waals surface area contributed by atoms with Crippen molar-refractivity contribution in [2.75, 3.05) is 6.61 Å². The zero-order chi connectivity index (χ0) is 17.1. The molecule has 0 unspecified atom stereocenters. The van der Waals surface area contributed by atoms with Crippen LogP contribution in [0.15, 0.2) is 64.0 Å². The van der Waals surface area contributed by atoms with Crippen LogP contribution >= 0.6 is 0 Å². The van der Waals surface area contributed by atoms with Crippen molar-refractivity contribution in [2.24, 2.45) is 5.92 Å². The summed E-state index contributed by atoms with van der Waals surface area (Å²) in [7, 11) is 0. The number of nitrogens with zero attached hydrogens (tertiary/aromatic N) is 1. The standard InChI is InChI=1S/C19H18N2O4/c22-18-10-17(25-21-18)14-6-7-19(20-11-14)23-12-13-8-16(9-13)24-15-4-2-1-3-5-15/h1-7,10-11,13,16H,8-9,12H2,(H,21,22). The van der Waals surface area contributed by atoms with E-state index in [9.17, 15) is 4.79 Å². The second-order valence-corrected chi connectivity index (χ2v) is 6.16. The van der Waals surface area contributed by atoms with Gasteiger partial charge in [-0.25, -0.2) is 4.98 Å². The van der Waals surface area contributed by atoms with Gasteiger partial charge in [0.25, 0.3) is 5.56 Å². The van der Waals surface area contributed by atoms with Crippen LogP contribution in [0, 0.1) is 5.92 Å². The highest BCUT2D eigenvalue weighted by Crippen LogP contribution is 2.31. The van der Waals surface area contributed by atoms with Gasteiger partial charge in [-0.2, -0.15) is 5.16 Å². The SMILES string of the molecule is O=c1cc(-c2ccc(OCC3CC(Oc4ccccc4)C3)nc2)o[nH]1. The number of hydrogen-bond acceptors (Lipinski definition) is 5. The second kappa shape index (κ2) is 6.84. The summed E-state index contributed by atoms with van der Waals surface area (Å²) in [6.07, 6.45) is 3.87. The lowest BCUT2D eigenvalue weighted by Gasteiger charge is -2.35. The van der Waals surface area contributed by atoms with Crippen molar-refractivity contribution in [1.29, 1.82) is 0 Å². The van der Waals surface area contributed by atoms with Gasteiger partial charge < -0.3 is 14.0 Å². The van der Waals surface area contributed by atoms with E-state index in [-0.39, 0.29) is 11.7 Å². The summed E-state index contributed by atoms with van der Waals surface area (Å²) in [5.41, 5.74) is 0.457. The molecule has 0 aliphatic heterocycles. The van der Waals surface area contributed by atoms with Gasteiger partial charge in [0.05, 0.1) is 18.8 Å². The van der Waals surface area contributed by atoms with Crippen LogP contribution < -0.4 is 15.0 Å². The minimum atomic E-state index is -0.271. The molecule has 1 fully saturated rings. The topological polar surface area (TPSA) is 77.3 Å². The normalized spacial score (nSPS) is 19.2. The summed E-state index contributed by atoms with van der Waals surface area (Å²) in [5.74, 6) is 2.43. The Kier molecular flexibility index (Phi) is 4.24. The largest absolute Gasteiger partial charge is 0.490 e. The Hall–Kier alpha value is -3.02. The van der Waals surface area contributed by atoms with Crippen LogP contribution in [0.25, 0.3) is 11.3 Å². The highest BCUT2D eigenvalue weighted by Gasteiger charge is 2.31. The maximum absolute atomic E-state index is 11.1. The minimum Gasteiger partial charge on any atom is -0.490 e. The molecule has 1 aromatic carbocycles. The van der Waals surface area contributed by atoms with Crippen LogP contribution in [0.4, 0.5) is 0 Å². The van der Waals surface area contributed by atoms with Crippen LogP contribution in [0.2, 0.25) is 0 Å². The summed E-state index contributed by atoms with van der Waals surface area (Å²) in [5, 5.41) is 2.26. The van der Waals surface area contributed by atoms with Crippen molar-refractivity contribution in [1.82, 2.24) is 10.1 Å². The number of pyridine rings is 1. The molecule has 1 saturated carbocycles. The Morgan fingerprint density at radius 1 is 1.16 bits per heavy atom. The van der Waals surface area contributed by atoms with E-state index in [1.807, 2.05) is 36.4 Å². The molecule has 0 amide bonds. The van der Waals surface area contributed by atoms with Crippen molar-refractivity contribution in [3.8, 4) is 23.0 Å². The van der Waals surface area contributed by atoms with E-state index in [4.69, 9.17) is 14.0 Å². The maximum atomic E-state index is 11.1. The predicted octanol–water partition coefficient (Wildman–Crippen LogP) is 3.27. The van der Waals surface area contributed by atoms with Crippen LogP contribution in [0.1, 0.15) is 12.8 Å². The average molecular weight is 338 g/mol. The molecular weight excluding hydrogens is 320 g/mol. The molecule has 0 spiro atoms. The van der Waals surface area contributed by atoms with E-state index >= 15 is 0 Å². The summed E-state index contributed by atoms with van der Waals surface area (Å²) in [6.45, 7) is 0.625. The van der Waals surface area contributed by atoms with E-state index in [2.05, 4.69) is 10.1 Å². The van der Waals surface area contributed by atoms with E-state index in [0.29, 0.717) is 24.2 Å². The molecule has 3 aromatic rings. The van der Waals surface area contributed by atoms with E-state index in [1.54, 1.807) is 12.3 Å². The van der Waals surface area contributed by atoms with E-state index in [0.717, 1.165) is 24.2 Å². The molecule has 1 N–H and O–H groups in total. The Balaban J connectivity index is 1.24. The van der Waals surface area contributed by atoms with Crippen LogP contribution in [-0.2, 0) is 0 Å². The van der Waals surface area contributed by atoms with Gasteiger partial charge in [-0.05, 0) is 31.0 Å². The number of nitrogens with one attached hydrogen (secondary N) is 1. The first kappa shape index (κ1) is 15.5. The molecule has 1 aliphatic rings. The number of hydrogen-bond donors (Lipinski definition) is 1. The number of H-pyrrole nitrogens is 1. The minimum absolute atomic E-state index is 0.267. The smallest absolute Gasteiger partial charge is 0.280 e. The van der Waals surface area contributed by atoms with E-state index < -0.39 is 0 Å². The Bertz CT molecular complexity index is 864. The van der Waals surface area contributed by atoms with Gasteiger partial charge in [0, 0.05) is 23.7 Å². The Morgan fingerprint density at radius 3 is 2.68 bits per heavy atom. The second-order valence-electron chi connectivity index (χ2n) is 6.16. The monoisotopic (exact) mass is 338 g/mol. The third kappa shape index (κ3) is 3.74. The highest BCUT2D eigenvalue weighted by molar-refractivity contribution is 5.55. The lowest BCUT2D eigenvalue weighted by molar-refractivity contribution is 0.0376. The van der Waals surface area contributed by atoms with Gasteiger partial charge >= 0.3 is 0 Å². The molecule has 128 valence electrons. The van der Waals surface area contributed by atoms with Crippen molar-refractivity contribution in [3.05, 3.63) is 65.1 Å². The van der Waals surface area contributed by atoms with Gasteiger partial charge in [-0.1, -0.05) is 18.2 Å². The summed E-state index contributed by atoms with van der Waals surface area (Å²) in [4.78, 5) is 15.3. The van der Waals surface area contributed by atoms with Crippen LogP contribution in [0.3, 0.4) is 0 Å². The summed E-state index contributed by atoms with van der Waals surface area (Å²) in [6, 6.07) is 14.9. The highest BCUT2D eigenvalue weighted by atomic mass is 16.5. The number of aromatic amines is 1. The Morgan fingerprint density at radius 2 is 2.00 bits per heavy atom. The molecular formula is C19H18N2O4. The number of ether oxygens (including phenoxy) is 2. The van der Waals surface area contributed by atoms with Crippen molar-refractivity contribution in [3.63, 3.8) is 0 Å². The predicted molar refractivity (Wildman–Crippen MR) is 91.6 cm³/mol. The molecule has 0 atom stereocenters. The fraction of sp³-hybridized carbons (Fsp3) is 0.263. The molecule has 0 bridgehead atoms. The molecule has 6 heteroatoms. The Labute approximate surface area is 144 Å².